The van der Waals surface area contributed by atoms with E-state index in [0.717, 1.165) is 38.7 Å². The van der Waals surface area contributed by atoms with Crippen molar-refractivity contribution >= 4 is 22.6 Å². The molecule has 1 amide bonds. The van der Waals surface area contributed by atoms with Gasteiger partial charge in [0.15, 0.2) is 18.2 Å². The molecule has 0 bridgehead atoms. The van der Waals surface area contributed by atoms with Gasteiger partial charge in [0.05, 0.1) is 11.7 Å². The van der Waals surface area contributed by atoms with Crippen molar-refractivity contribution in [3.8, 4) is 17.6 Å². The Bertz CT molecular complexity index is 1480. The van der Waals surface area contributed by atoms with E-state index in [1.165, 1.54) is 16.4 Å². The molecule has 7 nitrogen and oxygen atoms in total. The van der Waals surface area contributed by atoms with Gasteiger partial charge in [0.25, 0.3) is 5.91 Å². The number of pyridine rings is 1. The molecule has 0 aliphatic heterocycles. The van der Waals surface area contributed by atoms with Crippen LogP contribution in [0.15, 0.2) is 36.5 Å². The average Bonchev–Trinajstić information content (AvgIpc) is 3.19. The van der Waals surface area contributed by atoms with Crippen molar-refractivity contribution in [3.05, 3.63) is 75.5 Å². The van der Waals surface area contributed by atoms with Crippen molar-refractivity contribution in [2.75, 3.05) is 11.9 Å². The molecule has 0 unspecified atom stereocenters. The zero-order valence-corrected chi connectivity index (χ0v) is 20.3. The molecule has 0 aliphatic rings. The molecule has 0 radical (unpaired) electrons. The minimum atomic E-state index is -0.386. The molecule has 0 saturated heterocycles. The first-order chi connectivity index (χ1) is 16.2. The first-order valence-electron chi connectivity index (χ1n) is 11.1. The fourth-order valence-corrected chi connectivity index (χ4v) is 4.11. The van der Waals surface area contributed by atoms with E-state index in [1.54, 1.807) is 0 Å². The summed E-state index contributed by atoms with van der Waals surface area (Å²) >= 11 is 0. The summed E-state index contributed by atoms with van der Waals surface area (Å²) in [6.07, 6.45) is 1.43. The zero-order valence-electron chi connectivity index (χ0n) is 20.3. The molecule has 0 aliphatic carbocycles. The largest absolute Gasteiger partial charge is 0.483 e. The predicted molar refractivity (Wildman–Crippen MR) is 133 cm³/mol. The second-order valence-corrected chi connectivity index (χ2v) is 8.70. The Morgan fingerprint density at radius 2 is 1.76 bits per heavy atom. The molecule has 2 heterocycles. The van der Waals surface area contributed by atoms with Gasteiger partial charge in [0.2, 0.25) is 0 Å². The Balaban J connectivity index is 1.65. The summed E-state index contributed by atoms with van der Waals surface area (Å²) in [6.45, 7) is 11.8. The number of nitrogens with zero attached hydrogens (tertiary/aromatic N) is 4. The van der Waals surface area contributed by atoms with Gasteiger partial charge >= 0.3 is 0 Å². The van der Waals surface area contributed by atoms with Crippen LogP contribution >= 0.6 is 0 Å². The number of fused-ring (bicyclic) bond motifs is 1. The topological polar surface area (TPSA) is 92.8 Å². The van der Waals surface area contributed by atoms with Crippen LogP contribution in [-0.4, -0.2) is 27.3 Å². The predicted octanol–water partition coefficient (Wildman–Crippen LogP) is 5.16. The van der Waals surface area contributed by atoms with E-state index < -0.39 is 0 Å². The van der Waals surface area contributed by atoms with E-state index in [0.29, 0.717) is 11.6 Å². The van der Waals surface area contributed by atoms with E-state index >= 15 is 0 Å². The summed E-state index contributed by atoms with van der Waals surface area (Å²) in [5.74, 6) is 1.11. The smallest absolute Gasteiger partial charge is 0.263 e. The summed E-state index contributed by atoms with van der Waals surface area (Å²) in [7, 11) is 0. The molecule has 34 heavy (non-hydrogen) atoms. The number of amides is 1. The highest BCUT2D eigenvalue weighted by Crippen LogP contribution is 2.27. The Labute approximate surface area is 199 Å². The van der Waals surface area contributed by atoms with Crippen molar-refractivity contribution in [1.82, 2.24) is 14.8 Å². The monoisotopic (exact) mass is 453 g/mol. The van der Waals surface area contributed by atoms with Gasteiger partial charge < -0.3 is 10.1 Å². The fraction of sp³-hybridized carbons (Fsp3) is 0.259. The van der Waals surface area contributed by atoms with Gasteiger partial charge in [-0.2, -0.15) is 15.0 Å². The van der Waals surface area contributed by atoms with Gasteiger partial charge in [-0.1, -0.05) is 23.8 Å². The van der Waals surface area contributed by atoms with Crippen LogP contribution in [0.25, 0.3) is 16.7 Å². The quantitative estimate of drug-likeness (QED) is 0.451. The summed E-state index contributed by atoms with van der Waals surface area (Å²) in [6, 6.07) is 12.2. The van der Waals surface area contributed by atoms with Crippen molar-refractivity contribution in [2.24, 2.45) is 0 Å². The lowest BCUT2D eigenvalue weighted by atomic mass is 10.0. The van der Waals surface area contributed by atoms with Gasteiger partial charge in [-0.15, -0.1) is 0 Å². The third-order valence-corrected chi connectivity index (χ3v) is 6.03. The van der Waals surface area contributed by atoms with Crippen LogP contribution in [0.4, 0.5) is 5.82 Å². The van der Waals surface area contributed by atoms with Gasteiger partial charge in [0, 0.05) is 5.39 Å². The van der Waals surface area contributed by atoms with Gasteiger partial charge in [0.1, 0.15) is 17.4 Å². The number of hydrogen-bond donors (Lipinski definition) is 1. The minimum absolute atomic E-state index is 0.191. The Kier molecular flexibility index (Phi) is 6.08. The van der Waals surface area contributed by atoms with E-state index in [4.69, 9.17) is 9.72 Å². The van der Waals surface area contributed by atoms with Crippen molar-refractivity contribution in [3.63, 3.8) is 0 Å². The number of carbonyl (C=O) groups excluding carboxylic acids is 1. The second kappa shape index (κ2) is 8.99. The van der Waals surface area contributed by atoms with Crippen LogP contribution in [0.2, 0.25) is 0 Å². The molecule has 1 N–H and O–H groups in total. The molecule has 7 heteroatoms. The molecule has 0 fully saturated rings. The van der Waals surface area contributed by atoms with Crippen LogP contribution in [0.1, 0.15) is 38.9 Å². The number of carbonyl (C=O) groups is 1. The maximum atomic E-state index is 12.8. The Morgan fingerprint density at radius 3 is 2.50 bits per heavy atom. The molecule has 0 saturated carbocycles. The number of benzene rings is 2. The van der Waals surface area contributed by atoms with Gasteiger partial charge in [-0.25, -0.2) is 4.98 Å². The number of hydrogen-bond acceptors (Lipinski definition) is 5. The summed E-state index contributed by atoms with van der Waals surface area (Å²) in [5.41, 5.74) is 7.41. The lowest BCUT2D eigenvalue weighted by Gasteiger charge is -2.15. The number of aromatic nitrogens is 3. The van der Waals surface area contributed by atoms with Crippen LogP contribution in [0, 0.1) is 52.9 Å². The second-order valence-electron chi connectivity index (χ2n) is 8.70. The third-order valence-electron chi connectivity index (χ3n) is 6.03. The highest BCUT2D eigenvalue weighted by Gasteiger charge is 2.18. The first kappa shape index (κ1) is 23.0. The summed E-state index contributed by atoms with van der Waals surface area (Å²) in [5, 5.41) is 17.8. The average molecular weight is 454 g/mol. The van der Waals surface area contributed by atoms with Crippen LogP contribution in [-0.2, 0) is 4.79 Å². The van der Waals surface area contributed by atoms with Crippen molar-refractivity contribution in [2.45, 2.75) is 41.5 Å². The normalized spacial score (nSPS) is 10.9. The lowest BCUT2D eigenvalue weighted by molar-refractivity contribution is -0.118. The number of rotatable bonds is 5. The first-order valence-corrected chi connectivity index (χ1v) is 11.1. The number of nitriles is 1. The van der Waals surface area contributed by atoms with Crippen LogP contribution in [0.3, 0.4) is 0 Å². The van der Waals surface area contributed by atoms with E-state index in [9.17, 15) is 10.1 Å². The molecule has 0 spiro atoms. The van der Waals surface area contributed by atoms with Gasteiger partial charge in [-0.05, 0) is 81.5 Å². The Hall–Kier alpha value is -4.18. The molecular formula is C27H27N5O2. The van der Waals surface area contributed by atoms with Crippen molar-refractivity contribution in [1.29, 1.82) is 5.26 Å². The number of anilines is 1. The zero-order chi connectivity index (χ0) is 24.6. The van der Waals surface area contributed by atoms with E-state index in [2.05, 4.69) is 35.5 Å². The fourth-order valence-electron chi connectivity index (χ4n) is 4.11. The van der Waals surface area contributed by atoms with E-state index in [-0.39, 0.29) is 23.9 Å². The number of ether oxygens (including phenoxy) is 1. The minimum Gasteiger partial charge on any atom is -0.483 e. The molecule has 4 rings (SSSR count). The van der Waals surface area contributed by atoms with Crippen molar-refractivity contribution < 1.29 is 9.53 Å². The Morgan fingerprint density at radius 1 is 1.03 bits per heavy atom. The summed E-state index contributed by atoms with van der Waals surface area (Å²) < 4.78 is 7.33. The molecule has 4 aromatic rings. The number of nitrogens with one attached hydrogen (secondary N) is 1. The van der Waals surface area contributed by atoms with Gasteiger partial charge in [-0.3, -0.25) is 4.79 Å². The lowest BCUT2D eigenvalue weighted by Crippen LogP contribution is -2.23. The third kappa shape index (κ3) is 4.23. The standard InChI is InChI=1S/C27H27N5O2/c1-15-9-19(5)25-22(10-15)18(4)11-23(30-25)32-27(21(12-28)13-29-32)31-24(33)14-34-26-17(3)8-7-16(2)20(26)6/h7-11,13H,14H2,1-6H3,(H,31,33). The van der Waals surface area contributed by atoms with Crippen LogP contribution < -0.4 is 10.1 Å². The molecular weight excluding hydrogens is 426 g/mol. The summed E-state index contributed by atoms with van der Waals surface area (Å²) in [4.78, 5) is 17.6. The molecule has 0 atom stereocenters. The highest BCUT2D eigenvalue weighted by atomic mass is 16.5. The highest BCUT2D eigenvalue weighted by molar-refractivity contribution is 5.93. The number of aryl methyl sites for hydroxylation is 5. The molecule has 2 aromatic heterocycles. The SMILES string of the molecule is Cc1cc(C)c2nc(-n3ncc(C#N)c3NC(=O)COc3c(C)ccc(C)c3C)cc(C)c2c1. The molecule has 172 valence electrons. The maximum absolute atomic E-state index is 12.8. The maximum Gasteiger partial charge on any atom is 0.263 e. The molecule has 2 aromatic carbocycles. The van der Waals surface area contributed by atoms with E-state index in [1.807, 2.05) is 52.8 Å². The van der Waals surface area contributed by atoms with Crippen LogP contribution in [0.5, 0.6) is 5.75 Å².